The maximum absolute atomic E-state index is 12.7. The van der Waals surface area contributed by atoms with Crippen molar-refractivity contribution in [2.24, 2.45) is 5.92 Å². The van der Waals surface area contributed by atoms with E-state index in [0.29, 0.717) is 13.1 Å². The summed E-state index contributed by atoms with van der Waals surface area (Å²) in [5, 5.41) is 15.5. The summed E-state index contributed by atoms with van der Waals surface area (Å²) in [7, 11) is 0. The number of carbonyl (C=O) groups is 2. The molecule has 0 aromatic heterocycles. The molecule has 0 saturated carbocycles. The monoisotopic (exact) mass is 361 g/mol. The van der Waals surface area contributed by atoms with Crippen LogP contribution in [0.25, 0.3) is 0 Å². The molecule has 1 aromatic carbocycles. The molecule has 1 unspecified atom stereocenters. The van der Waals surface area contributed by atoms with Crippen molar-refractivity contribution in [3.63, 3.8) is 0 Å². The summed E-state index contributed by atoms with van der Waals surface area (Å²) in [6.07, 6.45) is 2.88. The van der Waals surface area contributed by atoms with E-state index in [4.69, 9.17) is 5.11 Å². The third kappa shape index (κ3) is 6.11. The number of aliphatic carboxylic acids is 1. The molecule has 1 aromatic rings. The zero-order valence-electron chi connectivity index (χ0n) is 15.8. The number of likely N-dealkylation sites (tertiary alicyclic amines) is 1. The second kappa shape index (κ2) is 10.3. The molecule has 6 nitrogen and oxygen atoms in total. The van der Waals surface area contributed by atoms with Crippen LogP contribution in [0.2, 0.25) is 0 Å². The fourth-order valence-corrected chi connectivity index (χ4v) is 3.45. The van der Waals surface area contributed by atoms with Crippen molar-refractivity contribution in [3.05, 3.63) is 35.9 Å². The van der Waals surface area contributed by atoms with Gasteiger partial charge >= 0.3 is 5.97 Å². The van der Waals surface area contributed by atoms with Gasteiger partial charge in [-0.05, 0) is 30.9 Å². The molecule has 0 spiro atoms. The summed E-state index contributed by atoms with van der Waals surface area (Å²) < 4.78 is 0. The minimum absolute atomic E-state index is 0.00554. The molecule has 26 heavy (non-hydrogen) atoms. The van der Waals surface area contributed by atoms with Gasteiger partial charge in [0.15, 0.2) is 0 Å². The highest BCUT2D eigenvalue weighted by Gasteiger charge is 2.29. The van der Waals surface area contributed by atoms with E-state index in [1.165, 1.54) is 0 Å². The number of nitrogens with zero attached hydrogens (tertiary/aromatic N) is 1. The molecule has 0 bridgehead atoms. The molecule has 0 aliphatic carbocycles. The molecular weight excluding hydrogens is 330 g/mol. The van der Waals surface area contributed by atoms with Crippen LogP contribution >= 0.6 is 0 Å². The second-order valence-corrected chi connectivity index (χ2v) is 7.14. The molecule has 1 fully saturated rings. The maximum Gasteiger partial charge on any atom is 0.317 e. The lowest BCUT2D eigenvalue weighted by Gasteiger charge is -2.28. The van der Waals surface area contributed by atoms with Gasteiger partial charge in [0.1, 0.15) is 0 Å². The van der Waals surface area contributed by atoms with Gasteiger partial charge in [0.2, 0.25) is 5.91 Å². The quantitative estimate of drug-likeness (QED) is 0.593. The third-order valence-electron chi connectivity index (χ3n) is 5.22. The minimum Gasteiger partial charge on any atom is -0.480 e. The molecule has 3 N–H and O–H groups in total. The van der Waals surface area contributed by atoms with Crippen LogP contribution in [0.15, 0.2) is 30.3 Å². The highest BCUT2D eigenvalue weighted by Crippen LogP contribution is 2.17. The highest BCUT2D eigenvalue weighted by molar-refractivity contribution is 5.82. The molecule has 1 aliphatic heterocycles. The zero-order chi connectivity index (χ0) is 18.9. The van der Waals surface area contributed by atoms with Gasteiger partial charge in [-0.3, -0.25) is 14.5 Å². The molecule has 1 aliphatic rings. The number of nitrogens with one attached hydrogen (secondary N) is 2. The number of benzene rings is 1. The molecule has 144 valence electrons. The van der Waals surface area contributed by atoms with E-state index in [-0.39, 0.29) is 30.5 Å². The molecule has 1 amide bonds. The number of amides is 1. The van der Waals surface area contributed by atoms with Crippen molar-refractivity contribution in [1.82, 2.24) is 15.5 Å². The number of carboxylic acid groups (broad SMARTS) is 1. The van der Waals surface area contributed by atoms with E-state index >= 15 is 0 Å². The van der Waals surface area contributed by atoms with E-state index in [1.807, 2.05) is 35.2 Å². The van der Waals surface area contributed by atoms with Crippen LogP contribution in [0.4, 0.5) is 0 Å². The van der Waals surface area contributed by atoms with Gasteiger partial charge in [0, 0.05) is 19.1 Å². The Labute approximate surface area is 156 Å². The predicted molar refractivity (Wildman–Crippen MR) is 102 cm³/mol. The van der Waals surface area contributed by atoms with Crippen molar-refractivity contribution in [3.8, 4) is 0 Å². The van der Waals surface area contributed by atoms with Gasteiger partial charge in [-0.2, -0.15) is 0 Å². The highest BCUT2D eigenvalue weighted by atomic mass is 16.4. The largest absolute Gasteiger partial charge is 0.480 e. The molecule has 2 rings (SSSR count). The lowest BCUT2D eigenvalue weighted by molar-refractivity contribution is -0.138. The van der Waals surface area contributed by atoms with Gasteiger partial charge < -0.3 is 15.7 Å². The molecular formula is C20H31N3O3. The SMILES string of the molecule is CCC(C)[C@H](NC[C@@H]1CCCN1CC(=O)O)C(=O)NCc1ccccc1. The first-order valence-corrected chi connectivity index (χ1v) is 9.52. The van der Waals surface area contributed by atoms with Crippen LogP contribution in [0.3, 0.4) is 0 Å². The Morgan fingerprint density at radius 1 is 1.31 bits per heavy atom. The van der Waals surface area contributed by atoms with Crippen molar-refractivity contribution < 1.29 is 14.7 Å². The molecule has 1 saturated heterocycles. The topological polar surface area (TPSA) is 81.7 Å². The molecule has 6 heteroatoms. The van der Waals surface area contributed by atoms with Crippen LogP contribution < -0.4 is 10.6 Å². The third-order valence-corrected chi connectivity index (χ3v) is 5.22. The van der Waals surface area contributed by atoms with E-state index in [0.717, 1.165) is 31.4 Å². The summed E-state index contributed by atoms with van der Waals surface area (Å²) in [5.41, 5.74) is 1.08. The van der Waals surface area contributed by atoms with E-state index in [2.05, 4.69) is 24.5 Å². The predicted octanol–water partition coefficient (Wildman–Crippen LogP) is 1.86. The van der Waals surface area contributed by atoms with Crippen molar-refractivity contribution in [2.45, 2.75) is 51.7 Å². The first-order chi connectivity index (χ1) is 12.5. The van der Waals surface area contributed by atoms with Gasteiger partial charge in [-0.25, -0.2) is 0 Å². The molecule has 0 radical (unpaired) electrons. The average molecular weight is 361 g/mol. The first-order valence-electron chi connectivity index (χ1n) is 9.52. The zero-order valence-corrected chi connectivity index (χ0v) is 15.8. The number of carbonyl (C=O) groups excluding carboxylic acids is 1. The number of carboxylic acids is 1. The summed E-state index contributed by atoms with van der Waals surface area (Å²) in [4.78, 5) is 25.7. The lowest BCUT2D eigenvalue weighted by Crippen LogP contribution is -2.51. The summed E-state index contributed by atoms with van der Waals surface area (Å²) in [5.74, 6) is -0.581. The fourth-order valence-electron chi connectivity index (χ4n) is 3.45. The standard InChI is InChI=1S/C20H31N3O3/c1-3-15(2)19(20(26)22-12-16-8-5-4-6-9-16)21-13-17-10-7-11-23(17)14-18(24)25/h4-6,8-9,15,17,19,21H,3,7,10-14H2,1-2H3,(H,22,26)(H,24,25)/t15?,17-,19-/m0/s1. The van der Waals surface area contributed by atoms with Crippen LogP contribution in [0.5, 0.6) is 0 Å². The Bertz CT molecular complexity index is 579. The maximum atomic E-state index is 12.7. The first kappa shape index (κ1) is 20.4. The fraction of sp³-hybridized carbons (Fsp3) is 0.600. The van der Waals surface area contributed by atoms with E-state index in [1.54, 1.807) is 0 Å². The van der Waals surface area contributed by atoms with Gasteiger partial charge in [0.05, 0.1) is 12.6 Å². The van der Waals surface area contributed by atoms with Crippen LogP contribution in [-0.2, 0) is 16.1 Å². The summed E-state index contributed by atoms with van der Waals surface area (Å²) in [6.45, 7) is 6.19. The Hall–Kier alpha value is -1.92. The van der Waals surface area contributed by atoms with Gasteiger partial charge in [-0.1, -0.05) is 50.6 Å². The lowest BCUT2D eigenvalue weighted by atomic mass is 9.97. The van der Waals surface area contributed by atoms with Crippen LogP contribution in [0, 0.1) is 5.92 Å². The van der Waals surface area contributed by atoms with Gasteiger partial charge in [0.25, 0.3) is 0 Å². The van der Waals surface area contributed by atoms with E-state index in [9.17, 15) is 9.59 Å². The number of rotatable bonds is 10. The number of hydrogen-bond donors (Lipinski definition) is 3. The Kier molecular flexibility index (Phi) is 8.06. The summed E-state index contributed by atoms with van der Waals surface area (Å²) in [6, 6.07) is 9.78. The van der Waals surface area contributed by atoms with Crippen molar-refractivity contribution >= 4 is 11.9 Å². The van der Waals surface area contributed by atoms with Crippen LogP contribution in [-0.4, -0.2) is 53.6 Å². The van der Waals surface area contributed by atoms with Crippen LogP contribution in [0.1, 0.15) is 38.7 Å². The van der Waals surface area contributed by atoms with E-state index < -0.39 is 5.97 Å². The Balaban J connectivity index is 1.89. The molecule has 3 atom stereocenters. The smallest absolute Gasteiger partial charge is 0.317 e. The average Bonchev–Trinajstić information content (AvgIpc) is 3.07. The Morgan fingerprint density at radius 2 is 2.04 bits per heavy atom. The molecule has 1 heterocycles. The number of hydrogen-bond acceptors (Lipinski definition) is 4. The normalized spacial score (nSPS) is 19.8. The van der Waals surface area contributed by atoms with Gasteiger partial charge in [-0.15, -0.1) is 0 Å². The Morgan fingerprint density at radius 3 is 2.69 bits per heavy atom. The minimum atomic E-state index is -0.795. The van der Waals surface area contributed by atoms with Crippen molar-refractivity contribution in [2.75, 3.05) is 19.6 Å². The summed E-state index contributed by atoms with van der Waals surface area (Å²) >= 11 is 0. The second-order valence-electron chi connectivity index (χ2n) is 7.14. The van der Waals surface area contributed by atoms with Crippen molar-refractivity contribution in [1.29, 1.82) is 0 Å².